The predicted octanol–water partition coefficient (Wildman–Crippen LogP) is 1.85. The minimum absolute atomic E-state index is 0.112. The second-order valence-electron chi connectivity index (χ2n) is 3.51. The Kier molecular flexibility index (Phi) is 6.10. The molecule has 0 radical (unpaired) electrons. The Morgan fingerprint density at radius 3 is 2.82 bits per heavy atom. The Morgan fingerprint density at radius 2 is 2.12 bits per heavy atom. The van der Waals surface area contributed by atoms with E-state index in [2.05, 4.69) is 5.32 Å². The lowest BCUT2D eigenvalue weighted by Crippen LogP contribution is -2.25. The minimum atomic E-state index is -0.112. The highest BCUT2D eigenvalue weighted by Crippen LogP contribution is 2.16. The average molecular weight is 237 g/mol. The first kappa shape index (κ1) is 13.5. The normalized spacial score (nSPS) is 10.0. The van der Waals surface area contributed by atoms with Crippen LogP contribution in [0.25, 0.3) is 0 Å². The summed E-state index contributed by atoms with van der Waals surface area (Å²) < 4.78 is 10.3. The highest BCUT2D eigenvalue weighted by molar-refractivity contribution is 5.96. The van der Waals surface area contributed by atoms with Crippen LogP contribution in [0, 0.1) is 0 Å². The molecule has 4 nitrogen and oxygen atoms in total. The predicted molar refractivity (Wildman–Crippen MR) is 66.4 cm³/mol. The molecule has 0 bridgehead atoms. The largest absolute Gasteiger partial charge is 0.496 e. The van der Waals surface area contributed by atoms with E-state index in [1.165, 1.54) is 0 Å². The average Bonchev–Trinajstić information content (AvgIpc) is 2.38. The quantitative estimate of drug-likeness (QED) is 0.736. The van der Waals surface area contributed by atoms with E-state index in [1.807, 2.05) is 19.1 Å². The van der Waals surface area contributed by atoms with Crippen molar-refractivity contribution in [3.05, 3.63) is 29.8 Å². The molecule has 0 heterocycles. The Bertz CT molecular complexity index is 352. The Morgan fingerprint density at radius 1 is 1.35 bits per heavy atom. The molecule has 1 amide bonds. The number of ether oxygens (including phenoxy) is 2. The molecule has 17 heavy (non-hydrogen) atoms. The molecule has 1 N–H and O–H groups in total. The highest BCUT2D eigenvalue weighted by Gasteiger charge is 2.09. The molecule has 1 aromatic rings. The van der Waals surface area contributed by atoms with E-state index >= 15 is 0 Å². The zero-order valence-electron chi connectivity index (χ0n) is 10.4. The van der Waals surface area contributed by atoms with Gasteiger partial charge in [0.05, 0.1) is 12.7 Å². The number of methoxy groups -OCH3 is 1. The summed E-state index contributed by atoms with van der Waals surface area (Å²) in [5.74, 6) is 0.480. The summed E-state index contributed by atoms with van der Waals surface area (Å²) >= 11 is 0. The molecule has 0 saturated carbocycles. The summed E-state index contributed by atoms with van der Waals surface area (Å²) in [5, 5.41) is 2.83. The lowest BCUT2D eigenvalue weighted by Gasteiger charge is -2.08. The van der Waals surface area contributed by atoms with E-state index in [1.54, 1.807) is 19.2 Å². The van der Waals surface area contributed by atoms with E-state index < -0.39 is 0 Å². The number of benzene rings is 1. The fourth-order valence-corrected chi connectivity index (χ4v) is 1.45. The maximum atomic E-state index is 11.8. The van der Waals surface area contributed by atoms with Gasteiger partial charge < -0.3 is 14.8 Å². The van der Waals surface area contributed by atoms with Crippen molar-refractivity contribution < 1.29 is 14.3 Å². The van der Waals surface area contributed by atoms with E-state index in [4.69, 9.17) is 9.47 Å². The van der Waals surface area contributed by atoms with Crippen molar-refractivity contribution in [1.82, 2.24) is 5.32 Å². The second kappa shape index (κ2) is 7.68. The summed E-state index contributed by atoms with van der Waals surface area (Å²) in [6.45, 7) is 3.94. The number of hydrogen-bond donors (Lipinski definition) is 1. The molecule has 0 aromatic heterocycles. The van der Waals surface area contributed by atoms with Crippen LogP contribution < -0.4 is 10.1 Å². The molecule has 1 aromatic carbocycles. The van der Waals surface area contributed by atoms with Gasteiger partial charge >= 0.3 is 0 Å². The molecule has 0 aliphatic carbocycles. The van der Waals surface area contributed by atoms with Crippen molar-refractivity contribution in [3.8, 4) is 5.75 Å². The smallest absolute Gasteiger partial charge is 0.255 e. The lowest BCUT2D eigenvalue weighted by atomic mass is 10.2. The van der Waals surface area contributed by atoms with Crippen molar-refractivity contribution >= 4 is 5.91 Å². The van der Waals surface area contributed by atoms with Gasteiger partial charge in [0.1, 0.15) is 5.75 Å². The van der Waals surface area contributed by atoms with Crippen LogP contribution in [0.15, 0.2) is 24.3 Å². The third-order valence-corrected chi connectivity index (χ3v) is 2.31. The zero-order valence-corrected chi connectivity index (χ0v) is 10.4. The Balaban J connectivity index is 2.41. The number of carbonyl (C=O) groups excluding carboxylic acids is 1. The van der Waals surface area contributed by atoms with E-state index in [0.717, 1.165) is 6.42 Å². The summed E-state index contributed by atoms with van der Waals surface area (Å²) in [4.78, 5) is 11.8. The second-order valence-corrected chi connectivity index (χ2v) is 3.51. The van der Waals surface area contributed by atoms with Crippen molar-refractivity contribution in [2.45, 2.75) is 13.3 Å². The van der Waals surface area contributed by atoms with Gasteiger partial charge in [0.2, 0.25) is 0 Å². The molecule has 0 spiro atoms. The van der Waals surface area contributed by atoms with E-state index in [-0.39, 0.29) is 5.91 Å². The topological polar surface area (TPSA) is 47.6 Å². The highest BCUT2D eigenvalue weighted by atomic mass is 16.5. The lowest BCUT2D eigenvalue weighted by molar-refractivity contribution is 0.0941. The van der Waals surface area contributed by atoms with Crippen molar-refractivity contribution in [2.75, 3.05) is 26.9 Å². The van der Waals surface area contributed by atoms with Gasteiger partial charge in [-0.3, -0.25) is 4.79 Å². The van der Waals surface area contributed by atoms with Gasteiger partial charge in [-0.05, 0) is 25.5 Å². The van der Waals surface area contributed by atoms with Gasteiger partial charge in [-0.25, -0.2) is 0 Å². The SMILES string of the molecule is CCOCCCNC(=O)c1ccccc1OC. The molecular weight excluding hydrogens is 218 g/mol. The third kappa shape index (κ3) is 4.44. The molecule has 0 saturated heterocycles. The maximum absolute atomic E-state index is 11.8. The van der Waals surface area contributed by atoms with Crippen molar-refractivity contribution in [1.29, 1.82) is 0 Å². The van der Waals surface area contributed by atoms with Gasteiger partial charge in [-0.2, -0.15) is 0 Å². The first-order chi connectivity index (χ1) is 8.29. The molecule has 0 unspecified atom stereocenters. The first-order valence-electron chi connectivity index (χ1n) is 5.78. The number of amides is 1. The van der Waals surface area contributed by atoms with Crippen LogP contribution >= 0.6 is 0 Å². The van der Waals surface area contributed by atoms with E-state index in [9.17, 15) is 4.79 Å². The van der Waals surface area contributed by atoms with E-state index in [0.29, 0.717) is 31.1 Å². The standard InChI is InChI=1S/C13H19NO3/c1-3-17-10-6-9-14-13(15)11-7-4-5-8-12(11)16-2/h4-5,7-8H,3,6,9-10H2,1-2H3,(H,14,15). The van der Waals surface area contributed by atoms with Gasteiger partial charge in [-0.1, -0.05) is 12.1 Å². The van der Waals surface area contributed by atoms with Crippen molar-refractivity contribution in [2.24, 2.45) is 0 Å². The van der Waals surface area contributed by atoms with Gasteiger partial charge in [0.25, 0.3) is 5.91 Å². The molecule has 94 valence electrons. The number of carbonyl (C=O) groups is 1. The van der Waals surface area contributed by atoms with Crippen LogP contribution in [0.3, 0.4) is 0 Å². The van der Waals surface area contributed by atoms with Gasteiger partial charge in [-0.15, -0.1) is 0 Å². The summed E-state index contributed by atoms with van der Waals surface area (Å²) in [6, 6.07) is 7.17. The Labute approximate surface area is 102 Å². The summed E-state index contributed by atoms with van der Waals surface area (Å²) in [5.41, 5.74) is 0.561. The molecule has 1 rings (SSSR count). The number of hydrogen-bond acceptors (Lipinski definition) is 3. The fourth-order valence-electron chi connectivity index (χ4n) is 1.45. The van der Waals surface area contributed by atoms with Crippen LogP contribution in [0.5, 0.6) is 5.75 Å². The number of rotatable bonds is 7. The molecule has 4 heteroatoms. The van der Waals surface area contributed by atoms with Crippen LogP contribution in [0.2, 0.25) is 0 Å². The summed E-state index contributed by atoms with van der Waals surface area (Å²) in [6.07, 6.45) is 0.814. The molecule has 0 atom stereocenters. The van der Waals surface area contributed by atoms with Crippen LogP contribution in [0.1, 0.15) is 23.7 Å². The number of nitrogens with one attached hydrogen (secondary N) is 1. The fraction of sp³-hybridized carbons (Fsp3) is 0.462. The number of para-hydroxylation sites is 1. The summed E-state index contributed by atoms with van der Waals surface area (Å²) in [7, 11) is 1.56. The Hall–Kier alpha value is -1.55. The third-order valence-electron chi connectivity index (χ3n) is 2.31. The molecule has 0 aliphatic rings. The molecular formula is C13H19NO3. The molecule has 0 fully saturated rings. The van der Waals surface area contributed by atoms with Gasteiger partial charge in [0.15, 0.2) is 0 Å². The van der Waals surface area contributed by atoms with Crippen LogP contribution in [-0.2, 0) is 4.74 Å². The minimum Gasteiger partial charge on any atom is -0.496 e. The van der Waals surface area contributed by atoms with Crippen molar-refractivity contribution in [3.63, 3.8) is 0 Å². The van der Waals surface area contributed by atoms with Crippen LogP contribution in [0.4, 0.5) is 0 Å². The zero-order chi connectivity index (χ0) is 12.5. The monoisotopic (exact) mass is 237 g/mol. The maximum Gasteiger partial charge on any atom is 0.255 e. The van der Waals surface area contributed by atoms with Crippen LogP contribution in [-0.4, -0.2) is 32.8 Å². The van der Waals surface area contributed by atoms with Gasteiger partial charge in [0, 0.05) is 19.8 Å². The molecule has 0 aliphatic heterocycles. The first-order valence-corrected chi connectivity index (χ1v) is 5.78.